The number of para-hydroxylation sites is 1. The van der Waals surface area contributed by atoms with Gasteiger partial charge in [0.1, 0.15) is 5.75 Å². The molecule has 1 heterocycles. The van der Waals surface area contributed by atoms with E-state index < -0.39 is 0 Å². The molecule has 1 aromatic rings. The smallest absolute Gasteiger partial charge is 0.120 e. The first-order chi connectivity index (χ1) is 9.70. The molecule has 20 heavy (non-hydrogen) atoms. The minimum absolute atomic E-state index is 0.328. The molecular weight excluding hydrogens is 248 g/mol. The number of phenols is 1. The van der Waals surface area contributed by atoms with Crippen molar-refractivity contribution >= 4 is 0 Å². The van der Waals surface area contributed by atoms with Crippen LogP contribution in [0.5, 0.6) is 5.75 Å². The molecule has 4 unspecified atom stereocenters. The van der Waals surface area contributed by atoms with Gasteiger partial charge in [-0.05, 0) is 37.2 Å². The number of rotatable bonds is 3. The van der Waals surface area contributed by atoms with Gasteiger partial charge in [0.2, 0.25) is 0 Å². The Morgan fingerprint density at radius 1 is 1.30 bits per heavy atom. The van der Waals surface area contributed by atoms with Crippen LogP contribution in [0.3, 0.4) is 0 Å². The predicted molar refractivity (Wildman–Crippen MR) is 81.5 cm³/mol. The van der Waals surface area contributed by atoms with Crippen LogP contribution >= 0.6 is 0 Å². The van der Waals surface area contributed by atoms with Crippen LogP contribution in [-0.4, -0.2) is 29.1 Å². The molecule has 3 rings (SSSR count). The number of nitrogens with two attached hydrogens (primary N) is 1. The number of phenolic OH excluding ortho intramolecular Hbond substituents is 1. The summed E-state index contributed by atoms with van der Waals surface area (Å²) in [5, 5.41) is 10.1. The van der Waals surface area contributed by atoms with Gasteiger partial charge in [-0.3, -0.25) is 4.90 Å². The molecule has 3 nitrogen and oxygen atoms in total. The van der Waals surface area contributed by atoms with Gasteiger partial charge in [-0.1, -0.05) is 31.5 Å². The fourth-order valence-electron chi connectivity index (χ4n) is 4.25. The van der Waals surface area contributed by atoms with Crippen molar-refractivity contribution in [1.82, 2.24) is 4.90 Å². The molecule has 0 aromatic heterocycles. The summed E-state index contributed by atoms with van der Waals surface area (Å²) in [6.45, 7) is 4.45. The molecule has 0 bridgehead atoms. The summed E-state index contributed by atoms with van der Waals surface area (Å²) in [5.74, 6) is 1.85. The van der Waals surface area contributed by atoms with Crippen molar-refractivity contribution in [2.45, 2.75) is 44.7 Å². The first-order valence-electron chi connectivity index (χ1n) is 7.98. The van der Waals surface area contributed by atoms with Gasteiger partial charge < -0.3 is 10.8 Å². The van der Waals surface area contributed by atoms with Gasteiger partial charge in [-0.15, -0.1) is 0 Å². The van der Waals surface area contributed by atoms with E-state index in [1.165, 1.54) is 19.3 Å². The number of benzene rings is 1. The minimum Gasteiger partial charge on any atom is -0.508 e. The lowest BCUT2D eigenvalue weighted by Crippen LogP contribution is -2.38. The average Bonchev–Trinajstić information content (AvgIpc) is 2.87. The van der Waals surface area contributed by atoms with Crippen molar-refractivity contribution in [3.8, 4) is 5.75 Å². The highest BCUT2D eigenvalue weighted by Gasteiger charge is 2.41. The van der Waals surface area contributed by atoms with E-state index in [2.05, 4.69) is 17.9 Å². The molecule has 1 saturated heterocycles. The van der Waals surface area contributed by atoms with Gasteiger partial charge in [0.25, 0.3) is 0 Å². The summed E-state index contributed by atoms with van der Waals surface area (Å²) in [6.07, 6.45) is 4.82. The first-order valence-corrected chi connectivity index (χ1v) is 7.98. The Kier molecular flexibility index (Phi) is 3.99. The third-order valence-corrected chi connectivity index (χ3v) is 5.31. The van der Waals surface area contributed by atoms with Crippen molar-refractivity contribution < 1.29 is 5.11 Å². The molecule has 2 fully saturated rings. The zero-order chi connectivity index (χ0) is 14.1. The standard InChI is InChI=1S/C17H26N2O/c1-2-16(13-7-3-4-9-17(13)20)19-10-12-6-5-8-15(18)14(12)11-19/h3-4,7,9,12,14-16,20H,2,5-6,8,10-11,18H2,1H3. The van der Waals surface area contributed by atoms with Crippen LogP contribution in [0, 0.1) is 11.8 Å². The number of aromatic hydroxyl groups is 1. The topological polar surface area (TPSA) is 49.5 Å². The number of hydrogen-bond acceptors (Lipinski definition) is 3. The van der Waals surface area contributed by atoms with Gasteiger partial charge >= 0.3 is 0 Å². The molecule has 1 saturated carbocycles. The van der Waals surface area contributed by atoms with Crippen LogP contribution < -0.4 is 5.73 Å². The van der Waals surface area contributed by atoms with Crippen molar-refractivity contribution in [1.29, 1.82) is 0 Å². The predicted octanol–water partition coefficient (Wildman–Crippen LogP) is 2.90. The number of likely N-dealkylation sites (tertiary alicyclic amines) is 1. The lowest BCUT2D eigenvalue weighted by molar-refractivity contribution is 0.221. The Hall–Kier alpha value is -1.06. The van der Waals surface area contributed by atoms with Gasteiger partial charge in [-0.25, -0.2) is 0 Å². The van der Waals surface area contributed by atoms with Crippen molar-refractivity contribution in [3.63, 3.8) is 0 Å². The van der Waals surface area contributed by atoms with E-state index in [-0.39, 0.29) is 0 Å². The molecule has 110 valence electrons. The lowest BCUT2D eigenvalue weighted by atomic mass is 9.78. The Labute approximate surface area is 121 Å². The third kappa shape index (κ3) is 2.45. The Morgan fingerprint density at radius 2 is 2.10 bits per heavy atom. The highest BCUT2D eigenvalue weighted by atomic mass is 16.3. The third-order valence-electron chi connectivity index (χ3n) is 5.31. The van der Waals surface area contributed by atoms with E-state index in [1.807, 2.05) is 12.1 Å². The van der Waals surface area contributed by atoms with Crippen molar-refractivity contribution in [2.24, 2.45) is 17.6 Å². The van der Waals surface area contributed by atoms with Crippen LogP contribution in [0.25, 0.3) is 0 Å². The molecule has 0 radical (unpaired) electrons. The lowest BCUT2D eigenvalue weighted by Gasteiger charge is -2.30. The molecule has 4 atom stereocenters. The minimum atomic E-state index is 0.328. The van der Waals surface area contributed by atoms with E-state index in [0.717, 1.165) is 31.0 Å². The van der Waals surface area contributed by atoms with Crippen LogP contribution in [0.15, 0.2) is 24.3 Å². The van der Waals surface area contributed by atoms with E-state index in [1.54, 1.807) is 6.07 Å². The highest BCUT2D eigenvalue weighted by Crippen LogP contribution is 2.41. The van der Waals surface area contributed by atoms with Crippen molar-refractivity contribution in [3.05, 3.63) is 29.8 Å². The molecule has 1 aromatic carbocycles. The molecule has 1 aliphatic heterocycles. The molecule has 3 N–H and O–H groups in total. The van der Waals surface area contributed by atoms with E-state index >= 15 is 0 Å². The van der Waals surface area contributed by atoms with Gasteiger partial charge in [0.05, 0.1) is 0 Å². The quantitative estimate of drug-likeness (QED) is 0.891. The van der Waals surface area contributed by atoms with Gasteiger partial charge in [0, 0.05) is 30.7 Å². The monoisotopic (exact) mass is 274 g/mol. The zero-order valence-electron chi connectivity index (χ0n) is 12.3. The maximum Gasteiger partial charge on any atom is 0.120 e. The summed E-state index contributed by atoms with van der Waals surface area (Å²) >= 11 is 0. The average molecular weight is 274 g/mol. The first kappa shape index (κ1) is 13.9. The number of hydrogen-bond donors (Lipinski definition) is 2. The Balaban J connectivity index is 1.80. The maximum absolute atomic E-state index is 10.1. The summed E-state index contributed by atoms with van der Waals surface area (Å²) in [6, 6.07) is 8.48. The zero-order valence-corrected chi connectivity index (χ0v) is 12.3. The second-order valence-electron chi connectivity index (χ2n) is 6.46. The van der Waals surface area contributed by atoms with E-state index in [0.29, 0.717) is 23.8 Å². The van der Waals surface area contributed by atoms with Crippen LogP contribution in [0.2, 0.25) is 0 Å². The van der Waals surface area contributed by atoms with E-state index in [9.17, 15) is 5.11 Å². The summed E-state index contributed by atoms with van der Waals surface area (Å²) in [4.78, 5) is 2.55. The van der Waals surface area contributed by atoms with Crippen LogP contribution in [-0.2, 0) is 0 Å². The molecule has 0 amide bonds. The molecule has 3 heteroatoms. The normalized spacial score (nSPS) is 32.0. The van der Waals surface area contributed by atoms with Crippen LogP contribution in [0.1, 0.15) is 44.2 Å². The van der Waals surface area contributed by atoms with E-state index in [4.69, 9.17) is 5.73 Å². The number of fused-ring (bicyclic) bond motifs is 1. The largest absolute Gasteiger partial charge is 0.508 e. The SMILES string of the molecule is CCC(c1ccccc1O)N1CC2CCCC(N)C2C1. The van der Waals surface area contributed by atoms with Crippen molar-refractivity contribution in [2.75, 3.05) is 13.1 Å². The molecule has 2 aliphatic rings. The van der Waals surface area contributed by atoms with Gasteiger partial charge in [0.15, 0.2) is 0 Å². The molecule has 1 aliphatic carbocycles. The Bertz CT molecular complexity index is 462. The fourth-order valence-corrected chi connectivity index (χ4v) is 4.25. The highest BCUT2D eigenvalue weighted by molar-refractivity contribution is 5.34. The Morgan fingerprint density at radius 3 is 2.80 bits per heavy atom. The fraction of sp³-hybridized carbons (Fsp3) is 0.647. The molecular formula is C17H26N2O. The summed E-state index contributed by atoms with van der Waals surface area (Å²) in [5.41, 5.74) is 7.39. The second-order valence-corrected chi connectivity index (χ2v) is 6.46. The van der Waals surface area contributed by atoms with Crippen LogP contribution in [0.4, 0.5) is 0 Å². The maximum atomic E-state index is 10.1. The molecule has 0 spiro atoms. The summed E-state index contributed by atoms with van der Waals surface area (Å²) in [7, 11) is 0. The summed E-state index contributed by atoms with van der Waals surface area (Å²) < 4.78 is 0. The second kappa shape index (κ2) is 5.74. The number of nitrogens with zero attached hydrogens (tertiary/aromatic N) is 1. The van der Waals surface area contributed by atoms with Gasteiger partial charge in [-0.2, -0.15) is 0 Å².